The minimum atomic E-state index is -0.290. The Labute approximate surface area is 203 Å². The average molecular weight is 492 g/mol. The monoisotopic (exact) mass is 491 g/mol. The molecule has 2 fully saturated rings. The van der Waals surface area contributed by atoms with Gasteiger partial charge in [0.05, 0.1) is 16.1 Å². The Kier molecular flexibility index (Phi) is 7.89. The lowest BCUT2D eigenvalue weighted by molar-refractivity contribution is -0.129. The number of piperazine rings is 1. The first-order valence-electron chi connectivity index (χ1n) is 11.4. The van der Waals surface area contributed by atoms with Gasteiger partial charge in [-0.2, -0.15) is 0 Å². The predicted molar refractivity (Wildman–Crippen MR) is 128 cm³/mol. The van der Waals surface area contributed by atoms with E-state index in [0.29, 0.717) is 54.3 Å². The second-order valence-corrected chi connectivity index (χ2v) is 9.61. The quantitative estimate of drug-likeness (QED) is 0.633. The van der Waals surface area contributed by atoms with Crippen LogP contribution in [0, 0.1) is 11.7 Å². The summed E-state index contributed by atoms with van der Waals surface area (Å²) in [7, 11) is 0. The fourth-order valence-electron chi connectivity index (χ4n) is 4.86. The van der Waals surface area contributed by atoms with Crippen molar-refractivity contribution in [3.63, 3.8) is 0 Å². The van der Waals surface area contributed by atoms with Crippen LogP contribution in [0.1, 0.15) is 41.6 Å². The van der Waals surface area contributed by atoms with Gasteiger partial charge in [0, 0.05) is 38.3 Å². The van der Waals surface area contributed by atoms with E-state index in [1.807, 2.05) is 0 Å². The van der Waals surface area contributed by atoms with Gasteiger partial charge in [-0.1, -0.05) is 48.2 Å². The molecule has 33 heavy (non-hydrogen) atoms. The molecule has 1 aliphatic heterocycles. The molecule has 0 bridgehead atoms. The predicted octanol–water partition coefficient (Wildman–Crippen LogP) is 4.77. The number of nitrogens with zero attached hydrogens (tertiary/aromatic N) is 2. The highest BCUT2D eigenvalue weighted by Gasteiger charge is 2.37. The maximum Gasteiger partial charge on any atom is 0.253 e. The van der Waals surface area contributed by atoms with Crippen molar-refractivity contribution >= 4 is 35.0 Å². The molecule has 1 saturated carbocycles. The van der Waals surface area contributed by atoms with Crippen LogP contribution in [0.15, 0.2) is 42.5 Å². The van der Waals surface area contributed by atoms with Crippen LogP contribution in [0.2, 0.25) is 10.0 Å². The van der Waals surface area contributed by atoms with Crippen LogP contribution in [0.3, 0.4) is 0 Å². The Morgan fingerprint density at radius 3 is 2.27 bits per heavy atom. The lowest BCUT2D eigenvalue weighted by Crippen LogP contribution is -2.57. The molecular formula is C25H28Cl2FN3O2. The number of nitrogens with one attached hydrogen (secondary N) is 1. The van der Waals surface area contributed by atoms with E-state index in [4.69, 9.17) is 23.2 Å². The standard InChI is InChI=1S/C25H28Cl2FN3O2/c26-21-10-7-19(15-22(21)27)25(33)31-13-11-30(12-14-31)23(18-3-1-2-4-18)24(32)29-16-17-5-8-20(28)9-6-17/h5-10,15,18,23H,1-4,11-14,16H2,(H,29,32)/t23-/m1/s1. The maximum atomic E-state index is 13.2. The van der Waals surface area contributed by atoms with Crippen LogP contribution >= 0.6 is 23.2 Å². The van der Waals surface area contributed by atoms with Gasteiger partial charge in [0.1, 0.15) is 5.82 Å². The van der Waals surface area contributed by atoms with Crippen molar-refractivity contribution in [1.82, 2.24) is 15.1 Å². The third-order valence-corrected chi connectivity index (χ3v) is 7.40. The van der Waals surface area contributed by atoms with Crippen molar-refractivity contribution in [3.05, 3.63) is 69.5 Å². The lowest BCUT2D eigenvalue weighted by atomic mass is 9.94. The largest absolute Gasteiger partial charge is 0.351 e. The molecule has 1 aliphatic carbocycles. The third-order valence-electron chi connectivity index (χ3n) is 6.66. The lowest BCUT2D eigenvalue weighted by Gasteiger charge is -2.40. The first-order chi connectivity index (χ1) is 15.9. The molecule has 176 valence electrons. The molecule has 5 nitrogen and oxygen atoms in total. The second kappa shape index (κ2) is 10.9. The maximum absolute atomic E-state index is 13.2. The van der Waals surface area contributed by atoms with Crippen molar-refractivity contribution in [3.8, 4) is 0 Å². The number of carbonyl (C=O) groups is 2. The minimum Gasteiger partial charge on any atom is -0.351 e. The van der Waals surface area contributed by atoms with Crippen LogP contribution in [-0.4, -0.2) is 53.8 Å². The Bertz CT molecular complexity index is 988. The van der Waals surface area contributed by atoms with Crippen molar-refractivity contribution in [2.24, 2.45) is 5.92 Å². The molecular weight excluding hydrogens is 464 g/mol. The Morgan fingerprint density at radius 1 is 0.970 bits per heavy atom. The summed E-state index contributed by atoms with van der Waals surface area (Å²) in [5.74, 6) is -0.0420. The van der Waals surface area contributed by atoms with E-state index >= 15 is 0 Å². The van der Waals surface area contributed by atoms with Gasteiger partial charge >= 0.3 is 0 Å². The second-order valence-electron chi connectivity index (χ2n) is 8.79. The van der Waals surface area contributed by atoms with E-state index < -0.39 is 0 Å². The van der Waals surface area contributed by atoms with Crippen molar-refractivity contribution in [2.45, 2.75) is 38.3 Å². The molecule has 8 heteroatoms. The molecule has 2 amide bonds. The molecule has 2 aromatic carbocycles. The van der Waals surface area contributed by atoms with Gasteiger partial charge < -0.3 is 10.2 Å². The SMILES string of the molecule is O=C(NCc1ccc(F)cc1)[C@@H](C1CCCC1)N1CCN(C(=O)c2ccc(Cl)c(Cl)c2)CC1. The van der Waals surface area contributed by atoms with E-state index in [0.717, 1.165) is 31.2 Å². The number of hydrogen-bond acceptors (Lipinski definition) is 3. The molecule has 0 unspecified atom stereocenters. The van der Waals surface area contributed by atoms with Crippen LogP contribution in [0.5, 0.6) is 0 Å². The molecule has 1 N–H and O–H groups in total. The van der Waals surface area contributed by atoms with Crippen LogP contribution in [-0.2, 0) is 11.3 Å². The molecule has 2 aromatic rings. The molecule has 0 aromatic heterocycles. The zero-order chi connectivity index (χ0) is 23.4. The number of rotatable bonds is 6. The molecule has 4 rings (SSSR count). The molecule has 1 atom stereocenters. The van der Waals surface area contributed by atoms with E-state index in [1.165, 1.54) is 12.1 Å². The first kappa shape index (κ1) is 24.0. The summed E-state index contributed by atoms with van der Waals surface area (Å²) in [6.07, 6.45) is 4.36. The Balaban J connectivity index is 1.39. The van der Waals surface area contributed by atoms with Crippen LogP contribution < -0.4 is 5.32 Å². The van der Waals surface area contributed by atoms with Crippen molar-refractivity contribution in [2.75, 3.05) is 26.2 Å². The molecule has 0 spiro atoms. The first-order valence-corrected chi connectivity index (χ1v) is 12.2. The third kappa shape index (κ3) is 5.86. The van der Waals surface area contributed by atoms with E-state index in [-0.39, 0.29) is 23.7 Å². The van der Waals surface area contributed by atoms with E-state index in [9.17, 15) is 14.0 Å². The van der Waals surface area contributed by atoms with Crippen molar-refractivity contribution < 1.29 is 14.0 Å². The zero-order valence-corrected chi connectivity index (χ0v) is 19.9. The highest BCUT2D eigenvalue weighted by Crippen LogP contribution is 2.31. The summed E-state index contributed by atoms with van der Waals surface area (Å²) in [5, 5.41) is 3.84. The van der Waals surface area contributed by atoms with Crippen LogP contribution in [0.4, 0.5) is 4.39 Å². The van der Waals surface area contributed by atoms with Gasteiger partial charge in [-0.25, -0.2) is 4.39 Å². The smallest absolute Gasteiger partial charge is 0.253 e. The molecule has 1 saturated heterocycles. The van der Waals surface area contributed by atoms with E-state index in [1.54, 1.807) is 35.2 Å². The highest BCUT2D eigenvalue weighted by atomic mass is 35.5. The van der Waals surface area contributed by atoms with Gasteiger partial charge in [-0.3, -0.25) is 14.5 Å². The fourth-order valence-corrected chi connectivity index (χ4v) is 5.16. The zero-order valence-electron chi connectivity index (χ0n) is 18.4. The minimum absolute atomic E-state index is 0.00971. The number of halogens is 3. The van der Waals surface area contributed by atoms with Gasteiger partial charge in [-0.05, 0) is 54.7 Å². The topological polar surface area (TPSA) is 52.7 Å². The highest BCUT2D eigenvalue weighted by molar-refractivity contribution is 6.42. The summed E-state index contributed by atoms with van der Waals surface area (Å²) in [6, 6.07) is 10.9. The molecule has 0 radical (unpaired) electrons. The van der Waals surface area contributed by atoms with Gasteiger partial charge in [0.2, 0.25) is 5.91 Å². The van der Waals surface area contributed by atoms with Gasteiger partial charge in [0.15, 0.2) is 0 Å². The molecule has 1 heterocycles. The Hall–Kier alpha value is -2.15. The summed E-state index contributed by atoms with van der Waals surface area (Å²) in [4.78, 5) is 30.2. The number of amides is 2. The summed E-state index contributed by atoms with van der Waals surface area (Å²) >= 11 is 12.0. The summed E-state index contributed by atoms with van der Waals surface area (Å²) in [6.45, 7) is 2.75. The Morgan fingerprint density at radius 2 is 1.64 bits per heavy atom. The van der Waals surface area contributed by atoms with E-state index in [2.05, 4.69) is 10.2 Å². The number of hydrogen-bond donors (Lipinski definition) is 1. The number of carbonyl (C=O) groups excluding carboxylic acids is 2. The van der Waals surface area contributed by atoms with Crippen LogP contribution in [0.25, 0.3) is 0 Å². The molecule has 2 aliphatic rings. The average Bonchev–Trinajstić information content (AvgIpc) is 3.35. The van der Waals surface area contributed by atoms with Gasteiger partial charge in [-0.15, -0.1) is 0 Å². The summed E-state index contributed by atoms with van der Waals surface area (Å²) < 4.78 is 13.2. The van der Waals surface area contributed by atoms with Gasteiger partial charge in [0.25, 0.3) is 5.91 Å². The van der Waals surface area contributed by atoms with Crippen molar-refractivity contribution in [1.29, 1.82) is 0 Å². The normalized spacial score (nSPS) is 18.3. The number of benzene rings is 2. The summed E-state index contributed by atoms with van der Waals surface area (Å²) in [5.41, 5.74) is 1.38. The fraction of sp³-hybridized carbons (Fsp3) is 0.440.